The number of nitrogens with one attached hydrogen (secondary N) is 1. The third-order valence-electron chi connectivity index (χ3n) is 4.63. The van der Waals surface area contributed by atoms with Crippen molar-refractivity contribution in [2.75, 3.05) is 27.4 Å². The van der Waals surface area contributed by atoms with Gasteiger partial charge in [0.05, 0.1) is 7.11 Å². The standard InChI is InChI=1S/C23H30N2O4/c1-4-21(26)25(17-18-11-13-20(29-3)14-12-18)22(19-9-6-5-7-10-19)23(27)24-15-8-16-28-2/h5-7,9-14,22H,4,8,15-17H2,1-3H3,(H,24,27)/t22-/m0/s1. The lowest BCUT2D eigenvalue weighted by Crippen LogP contribution is -2.43. The number of ether oxygens (including phenoxy) is 2. The molecule has 6 nitrogen and oxygen atoms in total. The van der Waals surface area contributed by atoms with Crippen LogP contribution in [0.5, 0.6) is 5.75 Å². The first-order valence-corrected chi connectivity index (χ1v) is 9.84. The number of hydrogen-bond donors (Lipinski definition) is 1. The molecule has 6 heteroatoms. The van der Waals surface area contributed by atoms with Crippen LogP contribution in [0.15, 0.2) is 54.6 Å². The zero-order valence-corrected chi connectivity index (χ0v) is 17.4. The van der Waals surface area contributed by atoms with Gasteiger partial charge in [0.25, 0.3) is 0 Å². The SMILES string of the molecule is CCC(=O)N(Cc1ccc(OC)cc1)[C@H](C(=O)NCCCOC)c1ccccc1. The fraction of sp³-hybridized carbons (Fsp3) is 0.391. The fourth-order valence-electron chi connectivity index (χ4n) is 3.09. The van der Waals surface area contributed by atoms with Gasteiger partial charge >= 0.3 is 0 Å². The van der Waals surface area contributed by atoms with E-state index in [4.69, 9.17) is 9.47 Å². The molecule has 29 heavy (non-hydrogen) atoms. The summed E-state index contributed by atoms with van der Waals surface area (Å²) in [4.78, 5) is 27.6. The number of rotatable bonds is 11. The molecule has 156 valence electrons. The van der Waals surface area contributed by atoms with E-state index < -0.39 is 6.04 Å². The topological polar surface area (TPSA) is 67.9 Å². The molecule has 1 atom stereocenters. The second-order valence-electron chi connectivity index (χ2n) is 6.67. The number of amides is 2. The number of carbonyl (C=O) groups excluding carboxylic acids is 2. The molecule has 0 aliphatic heterocycles. The Balaban J connectivity index is 2.30. The predicted molar refractivity (Wildman–Crippen MR) is 113 cm³/mol. The number of nitrogens with zero attached hydrogens (tertiary/aromatic N) is 1. The Morgan fingerprint density at radius 2 is 1.72 bits per heavy atom. The van der Waals surface area contributed by atoms with Crippen LogP contribution in [-0.2, 0) is 20.9 Å². The lowest BCUT2D eigenvalue weighted by Gasteiger charge is -2.31. The first-order chi connectivity index (χ1) is 14.1. The van der Waals surface area contributed by atoms with Gasteiger partial charge in [-0.15, -0.1) is 0 Å². The number of hydrogen-bond acceptors (Lipinski definition) is 4. The van der Waals surface area contributed by atoms with E-state index in [0.29, 0.717) is 32.5 Å². The maximum absolute atomic E-state index is 13.1. The lowest BCUT2D eigenvalue weighted by atomic mass is 10.0. The maximum Gasteiger partial charge on any atom is 0.247 e. The summed E-state index contributed by atoms with van der Waals surface area (Å²) in [6.07, 6.45) is 1.03. The third kappa shape index (κ3) is 6.61. The molecule has 0 unspecified atom stereocenters. The van der Waals surface area contributed by atoms with E-state index in [-0.39, 0.29) is 11.8 Å². The van der Waals surface area contributed by atoms with Gasteiger partial charge in [0.15, 0.2) is 0 Å². The summed E-state index contributed by atoms with van der Waals surface area (Å²) >= 11 is 0. The molecule has 2 amide bonds. The summed E-state index contributed by atoms with van der Waals surface area (Å²) in [6.45, 7) is 3.20. The third-order valence-corrected chi connectivity index (χ3v) is 4.63. The molecule has 0 radical (unpaired) electrons. The van der Waals surface area contributed by atoms with Crippen LogP contribution in [0.1, 0.15) is 36.9 Å². The average Bonchev–Trinajstić information content (AvgIpc) is 2.77. The normalized spacial score (nSPS) is 11.6. The highest BCUT2D eigenvalue weighted by molar-refractivity contribution is 5.88. The molecule has 2 aromatic rings. The highest BCUT2D eigenvalue weighted by Crippen LogP contribution is 2.25. The molecule has 0 aromatic heterocycles. The number of methoxy groups -OCH3 is 2. The van der Waals surface area contributed by atoms with Gasteiger partial charge in [-0.1, -0.05) is 49.4 Å². The Kier molecular flexibility index (Phi) is 9.18. The van der Waals surface area contributed by atoms with Crippen LogP contribution < -0.4 is 10.1 Å². The molecule has 0 spiro atoms. The number of carbonyl (C=O) groups is 2. The van der Waals surface area contributed by atoms with Gasteiger partial charge in [0.1, 0.15) is 11.8 Å². The summed E-state index contributed by atoms with van der Waals surface area (Å²) < 4.78 is 10.3. The van der Waals surface area contributed by atoms with Gasteiger partial charge in [-0.2, -0.15) is 0 Å². The first-order valence-electron chi connectivity index (χ1n) is 9.84. The molecule has 0 fully saturated rings. The van der Waals surface area contributed by atoms with Gasteiger partial charge in [-0.05, 0) is 29.7 Å². The Morgan fingerprint density at radius 1 is 1.03 bits per heavy atom. The minimum absolute atomic E-state index is 0.0817. The Morgan fingerprint density at radius 3 is 2.31 bits per heavy atom. The van der Waals surface area contributed by atoms with Crippen molar-refractivity contribution in [3.8, 4) is 5.75 Å². The molecular formula is C23H30N2O4. The van der Waals surface area contributed by atoms with Gasteiger partial charge in [0, 0.05) is 33.2 Å². The lowest BCUT2D eigenvalue weighted by molar-refractivity contribution is -0.141. The first kappa shape index (κ1) is 22.4. The maximum atomic E-state index is 13.1. The van der Waals surface area contributed by atoms with Crippen LogP contribution in [-0.4, -0.2) is 44.1 Å². The van der Waals surface area contributed by atoms with Crippen LogP contribution in [0.3, 0.4) is 0 Å². The summed E-state index contributed by atoms with van der Waals surface area (Å²) in [5.74, 6) is 0.474. The van der Waals surface area contributed by atoms with E-state index in [0.717, 1.165) is 16.9 Å². The second kappa shape index (κ2) is 11.9. The zero-order valence-electron chi connectivity index (χ0n) is 17.4. The van der Waals surface area contributed by atoms with Crippen molar-refractivity contribution in [3.63, 3.8) is 0 Å². The molecule has 0 bridgehead atoms. The Hall–Kier alpha value is -2.86. The van der Waals surface area contributed by atoms with Crippen molar-refractivity contribution >= 4 is 11.8 Å². The van der Waals surface area contributed by atoms with Crippen LogP contribution in [0.25, 0.3) is 0 Å². The number of benzene rings is 2. The van der Waals surface area contributed by atoms with Gasteiger partial charge in [-0.3, -0.25) is 9.59 Å². The van der Waals surface area contributed by atoms with E-state index in [1.54, 1.807) is 19.1 Å². The van der Waals surface area contributed by atoms with E-state index >= 15 is 0 Å². The van der Waals surface area contributed by atoms with Crippen molar-refractivity contribution in [2.24, 2.45) is 0 Å². The second-order valence-corrected chi connectivity index (χ2v) is 6.67. The van der Waals surface area contributed by atoms with Crippen LogP contribution in [0.2, 0.25) is 0 Å². The molecule has 0 aliphatic carbocycles. The molecule has 0 saturated carbocycles. The molecule has 0 saturated heterocycles. The Labute approximate surface area is 172 Å². The largest absolute Gasteiger partial charge is 0.497 e. The summed E-state index contributed by atoms with van der Waals surface area (Å²) in [6, 6.07) is 16.2. The zero-order chi connectivity index (χ0) is 21.1. The fourth-order valence-corrected chi connectivity index (χ4v) is 3.09. The average molecular weight is 399 g/mol. The van der Waals surface area contributed by atoms with E-state index in [1.165, 1.54) is 0 Å². The summed E-state index contributed by atoms with van der Waals surface area (Å²) in [7, 11) is 3.24. The highest BCUT2D eigenvalue weighted by Gasteiger charge is 2.30. The minimum atomic E-state index is -0.701. The van der Waals surface area contributed by atoms with Gasteiger partial charge in [0.2, 0.25) is 11.8 Å². The quantitative estimate of drug-likeness (QED) is 0.590. The van der Waals surface area contributed by atoms with E-state index in [2.05, 4.69) is 5.32 Å². The van der Waals surface area contributed by atoms with Crippen LogP contribution in [0, 0.1) is 0 Å². The van der Waals surface area contributed by atoms with E-state index in [1.807, 2.05) is 61.5 Å². The molecule has 2 aromatic carbocycles. The smallest absolute Gasteiger partial charge is 0.247 e. The van der Waals surface area contributed by atoms with Crippen molar-refractivity contribution in [1.82, 2.24) is 10.2 Å². The van der Waals surface area contributed by atoms with Gasteiger partial charge < -0.3 is 19.7 Å². The molecule has 2 rings (SSSR count). The molecular weight excluding hydrogens is 368 g/mol. The van der Waals surface area contributed by atoms with Crippen LogP contribution >= 0.6 is 0 Å². The van der Waals surface area contributed by atoms with E-state index in [9.17, 15) is 9.59 Å². The Bertz CT molecular complexity index is 762. The van der Waals surface area contributed by atoms with Crippen molar-refractivity contribution in [1.29, 1.82) is 0 Å². The predicted octanol–water partition coefficient (Wildman–Crippen LogP) is 3.33. The van der Waals surface area contributed by atoms with Crippen LogP contribution in [0.4, 0.5) is 0 Å². The summed E-state index contributed by atoms with van der Waals surface area (Å²) in [5.41, 5.74) is 1.72. The molecule has 0 aliphatic rings. The summed E-state index contributed by atoms with van der Waals surface area (Å²) in [5, 5.41) is 2.95. The van der Waals surface area contributed by atoms with Crippen molar-refractivity contribution in [3.05, 3.63) is 65.7 Å². The highest BCUT2D eigenvalue weighted by atomic mass is 16.5. The van der Waals surface area contributed by atoms with Gasteiger partial charge in [-0.25, -0.2) is 0 Å². The monoisotopic (exact) mass is 398 g/mol. The van der Waals surface area contributed by atoms with Crippen molar-refractivity contribution < 1.29 is 19.1 Å². The molecule has 0 heterocycles. The minimum Gasteiger partial charge on any atom is -0.497 e. The molecule has 1 N–H and O–H groups in total. The van der Waals surface area contributed by atoms with Crippen molar-refractivity contribution in [2.45, 2.75) is 32.4 Å².